The lowest BCUT2D eigenvalue weighted by molar-refractivity contribution is 0.627. The first-order valence-corrected chi connectivity index (χ1v) is 15.0. The standard InChI is InChI=1S/C42H24FN/c43-29-13-15-30(16-14-29)44-37-23-21-31(25-5-2-1-3-6-25)34-19-20-36-33(22-24-38(44)42(36)41(34)37)32-17-11-28-10-9-26-7-4-8-27-12-18-35(32)40(28)39(26)27/h1-24H. The monoisotopic (exact) mass is 561 g/mol. The highest BCUT2D eigenvalue weighted by Crippen LogP contribution is 2.47. The van der Waals surface area contributed by atoms with Crippen LogP contribution in [0.25, 0.3) is 92.8 Å². The smallest absolute Gasteiger partial charge is 0.123 e. The van der Waals surface area contributed by atoms with Gasteiger partial charge in [-0.15, -0.1) is 0 Å². The van der Waals surface area contributed by atoms with Gasteiger partial charge >= 0.3 is 0 Å². The molecular weight excluding hydrogens is 537 g/mol. The maximum atomic E-state index is 14.0. The zero-order valence-electron chi connectivity index (χ0n) is 23.7. The molecule has 9 aromatic carbocycles. The number of rotatable bonds is 3. The molecule has 0 saturated carbocycles. The summed E-state index contributed by atoms with van der Waals surface area (Å²) in [4.78, 5) is 0. The molecule has 1 heterocycles. The number of halogens is 1. The van der Waals surface area contributed by atoms with Gasteiger partial charge < -0.3 is 4.57 Å². The van der Waals surface area contributed by atoms with E-state index in [9.17, 15) is 4.39 Å². The molecule has 0 N–H and O–H groups in total. The number of benzene rings is 9. The summed E-state index contributed by atoms with van der Waals surface area (Å²) in [6.07, 6.45) is 0. The van der Waals surface area contributed by atoms with Crippen LogP contribution in [0.3, 0.4) is 0 Å². The highest BCUT2D eigenvalue weighted by atomic mass is 19.1. The van der Waals surface area contributed by atoms with Gasteiger partial charge in [0, 0.05) is 16.5 Å². The van der Waals surface area contributed by atoms with E-state index in [0.717, 1.165) is 16.7 Å². The van der Waals surface area contributed by atoms with Crippen molar-refractivity contribution in [2.45, 2.75) is 0 Å². The Labute approximate surface area is 252 Å². The maximum Gasteiger partial charge on any atom is 0.123 e. The van der Waals surface area contributed by atoms with Crippen LogP contribution in [0.5, 0.6) is 0 Å². The summed E-state index contributed by atoms with van der Waals surface area (Å²) in [6.45, 7) is 0. The molecule has 0 saturated heterocycles. The fourth-order valence-corrected chi connectivity index (χ4v) is 7.70. The van der Waals surface area contributed by atoms with Crippen LogP contribution in [0.2, 0.25) is 0 Å². The molecule has 0 unspecified atom stereocenters. The summed E-state index contributed by atoms with van der Waals surface area (Å²) in [5.74, 6) is -0.232. The van der Waals surface area contributed by atoms with E-state index in [1.54, 1.807) is 12.1 Å². The molecule has 1 aromatic heterocycles. The Morgan fingerprint density at radius 2 is 0.886 bits per heavy atom. The van der Waals surface area contributed by atoms with E-state index in [1.165, 1.54) is 76.1 Å². The second-order valence-electron chi connectivity index (χ2n) is 11.8. The van der Waals surface area contributed by atoms with Crippen molar-refractivity contribution in [3.8, 4) is 27.9 Å². The molecule has 0 bridgehead atoms. The van der Waals surface area contributed by atoms with Crippen LogP contribution in [0.4, 0.5) is 4.39 Å². The Hall–Kier alpha value is -5.73. The van der Waals surface area contributed by atoms with Gasteiger partial charge in [-0.3, -0.25) is 0 Å². The predicted octanol–water partition coefficient (Wildman–Crippen LogP) is 11.7. The van der Waals surface area contributed by atoms with Gasteiger partial charge in [0.15, 0.2) is 0 Å². The number of aromatic nitrogens is 1. The third kappa shape index (κ3) is 3.12. The van der Waals surface area contributed by atoms with Crippen LogP contribution < -0.4 is 0 Å². The Kier molecular flexibility index (Phi) is 4.68. The van der Waals surface area contributed by atoms with E-state index in [4.69, 9.17) is 0 Å². The minimum atomic E-state index is -0.232. The molecule has 0 atom stereocenters. The van der Waals surface area contributed by atoms with Crippen molar-refractivity contribution in [2.24, 2.45) is 0 Å². The molecule has 44 heavy (non-hydrogen) atoms. The zero-order valence-corrected chi connectivity index (χ0v) is 23.7. The van der Waals surface area contributed by atoms with Crippen LogP contribution in [-0.4, -0.2) is 4.57 Å². The lowest BCUT2D eigenvalue weighted by Gasteiger charge is -2.16. The van der Waals surface area contributed by atoms with Crippen molar-refractivity contribution in [3.05, 3.63) is 151 Å². The predicted molar refractivity (Wildman–Crippen MR) is 184 cm³/mol. The van der Waals surface area contributed by atoms with Gasteiger partial charge in [0.25, 0.3) is 0 Å². The second-order valence-corrected chi connectivity index (χ2v) is 11.8. The molecule has 10 aromatic rings. The van der Waals surface area contributed by atoms with Crippen LogP contribution >= 0.6 is 0 Å². The molecule has 0 spiro atoms. The van der Waals surface area contributed by atoms with Gasteiger partial charge in [0.1, 0.15) is 5.82 Å². The van der Waals surface area contributed by atoms with Gasteiger partial charge in [0.05, 0.1) is 11.0 Å². The van der Waals surface area contributed by atoms with Crippen molar-refractivity contribution < 1.29 is 4.39 Å². The quantitative estimate of drug-likeness (QED) is 0.189. The molecule has 0 aliphatic heterocycles. The normalized spacial score (nSPS) is 12.2. The van der Waals surface area contributed by atoms with Gasteiger partial charge in [-0.25, -0.2) is 4.39 Å². The molecule has 0 aliphatic carbocycles. The lowest BCUT2D eigenvalue weighted by Crippen LogP contribution is -1.94. The van der Waals surface area contributed by atoms with Gasteiger partial charge in [-0.05, 0) is 102 Å². The summed E-state index contributed by atoms with van der Waals surface area (Å²) < 4.78 is 16.3. The minimum Gasteiger partial charge on any atom is -0.309 e. The number of nitrogens with zero attached hydrogens (tertiary/aromatic N) is 1. The Morgan fingerprint density at radius 3 is 1.59 bits per heavy atom. The molecule has 0 radical (unpaired) electrons. The average Bonchev–Trinajstić information content (AvgIpc) is 3.42. The van der Waals surface area contributed by atoms with E-state index in [1.807, 2.05) is 12.1 Å². The summed E-state index contributed by atoms with van der Waals surface area (Å²) in [7, 11) is 0. The fourth-order valence-electron chi connectivity index (χ4n) is 7.70. The first-order valence-electron chi connectivity index (χ1n) is 15.0. The summed E-state index contributed by atoms with van der Waals surface area (Å²) in [6, 6.07) is 51.2. The maximum absolute atomic E-state index is 14.0. The van der Waals surface area contributed by atoms with E-state index in [0.29, 0.717) is 0 Å². The highest BCUT2D eigenvalue weighted by Gasteiger charge is 2.22. The second kappa shape index (κ2) is 8.65. The SMILES string of the molecule is Fc1ccc(-n2c3ccc(-c4ccccc4)c4ccc5c(-c6ccc7ccc8cccc9ccc6c7c89)ccc2c5c43)cc1. The van der Waals surface area contributed by atoms with Crippen LogP contribution in [-0.2, 0) is 0 Å². The van der Waals surface area contributed by atoms with Crippen LogP contribution in [0.15, 0.2) is 146 Å². The third-order valence-corrected chi connectivity index (χ3v) is 9.58. The molecule has 2 heteroatoms. The van der Waals surface area contributed by atoms with Crippen LogP contribution in [0, 0.1) is 5.82 Å². The lowest BCUT2D eigenvalue weighted by atomic mass is 9.87. The van der Waals surface area contributed by atoms with Crippen LogP contribution in [0.1, 0.15) is 0 Å². The van der Waals surface area contributed by atoms with E-state index < -0.39 is 0 Å². The number of hydrogen-bond acceptors (Lipinski definition) is 0. The van der Waals surface area contributed by atoms with E-state index >= 15 is 0 Å². The first-order chi connectivity index (χ1) is 21.7. The summed E-state index contributed by atoms with van der Waals surface area (Å²) >= 11 is 0. The molecule has 0 aliphatic rings. The van der Waals surface area contributed by atoms with E-state index in [-0.39, 0.29) is 5.82 Å². The Bertz CT molecular complexity index is 2680. The molecule has 1 nitrogen and oxygen atoms in total. The van der Waals surface area contributed by atoms with E-state index in [2.05, 4.69) is 126 Å². The van der Waals surface area contributed by atoms with Gasteiger partial charge in [-0.2, -0.15) is 0 Å². The summed E-state index contributed by atoms with van der Waals surface area (Å²) in [5.41, 5.74) is 8.07. The third-order valence-electron chi connectivity index (χ3n) is 9.58. The summed E-state index contributed by atoms with van der Waals surface area (Å²) in [5, 5.41) is 12.7. The molecular formula is C42H24FN. The van der Waals surface area contributed by atoms with Crippen molar-refractivity contribution in [1.82, 2.24) is 4.57 Å². The molecule has 0 amide bonds. The number of hydrogen-bond donors (Lipinski definition) is 0. The fraction of sp³-hybridized carbons (Fsp3) is 0. The Morgan fingerprint density at radius 1 is 0.364 bits per heavy atom. The topological polar surface area (TPSA) is 4.93 Å². The van der Waals surface area contributed by atoms with Crippen molar-refractivity contribution in [1.29, 1.82) is 0 Å². The van der Waals surface area contributed by atoms with Crippen molar-refractivity contribution in [3.63, 3.8) is 0 Å². The molecule has 10 rings (SSSR count). The van der Waals surface area contributed by atoms with Gasteiger partial charge in [-0.1, -0.05) is 109 Å². The van der Waals surface area contributed by atoms with Crippen molar-refractivity contribution in [2.75, 3.05) is 0 Å². The van der Waals surface area contributed by atoms with Crippen molar-refractivity contribution >= 4 is 64.9 Å². The minimum absolute atomic E-state index is 0.232. The zero-order chi connectivity index (χ0) is 28.9. The Balaban J connectivity index is 1.34. The average molecular weight is 562 g/mol. The van der Waals surface area contributed by atoms with Gasteiger partial charge in [0.2, 0.25) is 0 Å². The molecule has 0 fully saturated rings. The molecule has 204 valence electrons. The highest BCUT2D eigenvalue weighted by molar-refractivity contribution is 6.31. The largest absolute Gasteiger partial charge is 0.309 e. The first kappa shape index (κ1) is 23.8.